The maximum Gasteiger partial charge on any atom is 0.0548 e. The normalized spacial score (nSPS) is 12.4. The summed E-state index contributed by atoms with van der Waals surface area (Å²) in [6, 6.07) is 14.3. The van der Waals surface area contributed by atoms with Crippen LogP contribution in [0.3, 0.4) is 0 Å². The van der Waals surface area contributed by atoms with Crippen molar-refractivity contribution in [3.05, 3.63) is 57.5 Å². The van der Waals surface area contributed by atoms with Gasteiger partial charge < -0.3 is 5.73 Å². The first-order chi connectivity index (χ1) is 9.06. The summed E-state index contributed by atoms with van der Waals surface area (Å²) in [5.74, 6) is 0. The Kier molecular flexibility index (Phi) is 5.34. The highest BCUT2D eigenvalue weighted by atomic mass is 79.9. The zero-order chi connectivity index (χ0) is 13.8. The van der Waals surface area contributed by atoms with Gasteiger partial charge in [-0.25, -0.2) is 0 Å². The minimum Gasteiger partial charge on any atom is -0.328 e. The lowest BCUT2D eigenvalue weighted by molar-refractivity contribution is 0.729. The molecule has 19 heavy (non-hydrogen) atoms. The minimum absolute atomic E-state index is 0.128. The first-order valence-electron chi connectivity index (χ1n) is 6.02. The second kappa shape index (κ2) is 6.80. The van der Waals surface area contributed by atoms with Crippen molar-refractivity contribution in [2.45, 2.75) is 29.2 Å². The Morgan fingerprint density at radius 1 is 1.21 bits per heavy atom. The molecule has 100 valence electrons. The first kappa shape index (κ1) is 14.9. The van der Waals surface area contributed by atoms with E-state index in [2.05, 4.69) is 34.1 Å². The number of halogens is 2. The lowest BCUT2D eigenvalue weighted by Gasteiger charge is -2.13. The van der Waals surface area contributed by atoms with Gasteiger partial charge in [-0.1, -0.05) is 51.4 Å². The van der Waals surface area contributed by atoms with Crippen LogP contribution >= 0.6 is 39.3 Å². The van der Waals surface area contributed by atoms with Crippen LogP contribution in [0.4, 0.5) is 0 Å². The average Bonchev–Trinajstić information content (AvgIpc) is 2.35. The van der Waals surface area contributed by atoms with E-state index in [1.54, 1.807) is 11.8 Å². The standard InChI is InChI=1S/C15H15BrClNS/c1-10(18)9-11-3-2-4-14(17)15(11)19-13-7-5-12(16)6-8-13/h2-8,10H,9,18H2,1H3. The molecule has 1 unspecified atom stereocenters. The molecule has 0 aromatic heterocycles. The van der Waals surface area contributed by atoms with Gasteiger partial charge in [0, 0.05) is 20.3 Å². The predicted octanol–water partition coefficient (Wildman–Crippen LogP) is 5.14. The van der Waals surface area contributed by atoms with Crippen LogP contribution in [0.15, 0.2) is 56.7 Å². The molecule has 0 spiro atoms. The summed E-state index contributed by atoms with van der Waals surface area (Å²) < 4.78 is 1.08. The molecule has 0 amide bonds. The molecule has 2 aromatic carbocycles. The first-order valence-corrected chi connectivity index (χ1v) is 8.01. The average molecular weight is 357 g/mol. The summed E-state index contributed by atoms with van der Waals surface area (Å²) in [5, 5.41) is 0.783. The van der Waals surface area contributed by atoms with E-state index >= 15 is 0 Å². The van der Waals surface area contributed by atoms with Crippen molar-refractivity contribution >= 4 is 39.3 Å². The van der Waals surface area contributed by atoms with Gasteiger partial charge in [0.05, 0.1) is 5.02 Å². The van der Waals surface area contributed by atoms with Gasteiger partial charge in [0.2, 0.25) is 0 Å². The Morgan fingerprint density at radius 3 is 2.53 bits per heavy atom. The third-order valence-corrected chi connectivity index (χ3v) is 4.77. The lowest BCUT2D eigenvalue weighted by Crippen LogP contribution is -2.18. The van der Waals surface area contributed by atoms with Crippen molar-refractivity contribution in [2.24, 2.45) is 5.73 Å². The van der Waals surface area contributed by atoms with Crippen LogP contribution in [-0.4, -0.2) is 6.04 Å². The molecule has 0 saturated heterocycles. The second-order valence-electron chi connectivity index (χ2n) is 4.47. The van der Waals surface area contributed by atoms with Crippen molar-refractivity contribution in [3.63, 3.8) is 0 Å². The van der Waals surface area contributed by atoms with E-state index in [1.807, 2.05) is 31.2 Å². The van der Waals surface area contributed by atoms with Crippen LogP contribution in [0.25, 0.3) is 0 Å². The van der Waals surface area contributed by atoms with Crippen LogP contribution in [0.2, 0.25) is 5.02 Å². The van der Waals surface area contributed by atoms with Crippen molar-refractivity contribution in [1.29, 1.82) is 0 Å². The third-order valence-electron chi connectivity index (χ3n) is 2.62. The summed E-state index contributed by atoms with van der Waals surface area (Å²) in [4.78, 5) is 2.27. The third kappa shape index (κ3) is 4.25. The molecule has 0 aliphatic carbocycles. The molecular formula is C15H15BrClNS. The van der Waals surface area contributed by atoms with Crippen LogP contribution in [0, 0.1) is 0 Å². The molecule has 4 heteroatoms. The SMILES string of the molecule is CC(N)Cc1cccc(Cl)c1Sc1ccc(Br)cc1. The van der Waals surface area contributed by atoms with Gasteiger partial charge in [0.25, 0.3) is 0 Å². The van der Waals surface area contributed by atoms with Gasteiger partial charge in [-0.3, -0.25) is 0 Å². The van der Waals surface area contributed by atoms with Crippen LogP contribution < -0.4 is 5.73 Å². The number of nitrogens with two attached hydrogens (primary N) is 1. The molecule has 0 aliphatic rings. The fourth-order valence-electron chi connectivity index (χ4n) is 1.80. The topological polar surface area (TPSA) is 26.0 Å². The Balaban J connectivity index is 2.30. The quantitative estimate of drug-likeness (QED) is 0.820. The number of hydrogen-bond acceptors (Lipinski definition) is 2. The molecule has 2 N–H and O–H groups in total. The molecule has 0 fully saturated rings. The molecule has 0 saturated carbocycles. The van der Waals surface area contributed by atoms with Crippen LogP contribution in [0.5, 0.6) is 0 Å². The summed E-state index contributed by atoms with van der Waals surface area (Å²) in [6.07, 6.45) is 0.833. The molecule has 2 aromatic rings. The fourth-order valence-corrected chi connectivity index (χ4v) is 3.33. The van der Waals surface area contributed by atoms with Gasteiger partial charge >= 0.3 is 0 Å². The van der Waals surface area contributed by atoms with Gasteiger partial charge in [-0.2, -0.15) is 0 Å². The largest absolute Gasteiger partial charge is 0.328 e. The number of rotatable bonds is 4. The van der Waals surface area contributed by atoms with E-state index in [0.29, 0.717) is 0 Å². The minimum atomic E-state index is 0.128. The molecule has 0 bridgehead atoms. The highest BCUT2D eigenvalue weighted by molar-refractivity contribution is 9.10. The summed E-state index contributed by atoms with van der Waals surface area (Å²) >= 11 is 11.4. The molecule has 1 atom stereocenters. The fraction of sp³-hybridized carbons (Fsp3) is 0.200. The van der Waals surface area contributed by atoms with E-state index in [1.165, 1.54) is 10.5 Å². The lowest BCUT2D eigenvalue weighted by atomic mass is 10.1. The van der Waals surface area contributed by atoms with Gasteiger partial charge in [0.15, 0.2) is 0 Å². The summed E-state index contributed by atoms with van der Waals surface area (Å²) in [6.45, 7) is 2.01. The zero-order valence-electron chi connectivity index (χ0n) is 10.6. The van der Waals surface area contributed by atoms with E-state index in [9.17, 15) is 0 Å². The van der Waals surface area contributed by atoms with Crippen LogP contribution in [0.1, 0.15) is 12.5 Å². The van der Waals surface area contributed by atoms with Gasteiger partial charge in [-0.05, 0) is 49.2 Å². The Hall–Kier alpha value is -0.480. The van der Waals surface area contributed by atoms with E-state index in [0.717, 1.165) is 20.8 Å². The predicted molar refractivity (Wildman–Crippen MR) is 87.1 cm³/mol. The van der Waals surface area contributed by atoms with Crippen molar-refractivity contribution < 1.29 is 0 Å². The second-order valence-corrected chi connectivity index (χ2v) is 6.87. The summed E-state index contributed by atoms with van der Waals surface area (Å²) in [7, 11) is 0. The van der Waals surface area contributed by atoms with E-state index < -0.39 is 0 Å². The Bertz CT molecular complexity index is 555. The Morgan fingerprint density at radius 2 is 1.89 bits per heavy atom. The molecule has 0 heterocycles. The molecule has 0 aliphatic heterocycles. The van der Waals surface area contributed by atoms with Crippen LogP contribution in [-0.2, 0) is 6.42 Å². The Labute approximate surface area is 131 Å². The summed E-state index contributed by atoms with van der Waals surface area (Å²) in [5.41, 5.74) is 7.10. The maximum absolute atomic E-state index is 6.32. The monoisotopic (exact) mass is 355 g/mol. The maximum atomic E-state index is 6.32. The van der Waals surface area contributed by atoms with Crippen molar-refractivity contribution in [2.75, 3.05) is 0 Å². The molecular weight excluding hydrogens is 342 g/mol. The molecule has 0 radical (unpaired) electrons. The molecule has 2 rings (SSSR count). The highest BCUT2D eigenvalue weighted by Crippen LogP contribution is 2.36. The van der Waals surface area contributed by atoms with E-state index in [-0.39, 0.29) is 6.04 Å². The van der Waals surface area contributed by atoms with Crippen molar-refractivity contribution in [1.82, 2.24) is 0 Å². The number of benzene rings is 2. The van der Waals surface area contributed by atoms with E-state index in [4.69, 9.17) is 17.3 Å². The van der Waals surface area contributed by atoms with Gasteiger partial charge in [-0.15, -0.1) is 0 Å². The smallest absolute Gasteiger partial charge is 0.0548 e. The van der Waals surface area contributed by atoms with Crippen molar-refractivity contribution in [3.8, 4) is 0 Å². The highest BCUT2D eigenvalue weighted by Gasteiger charge is 2.10. The van der Waals surface area contributed by atoms with Gasteiger partial charge in [0.1, 0.15) is 0 Å². The number of hydrogen-bond donors (Lipinski definition) is 1. The molecule has 1 nitrogen and oxygen atoms in total. The zero-order valence-corrected chi connectivity index (χ0v) is 13.7.